The van der Waals surface area contributed by atoms with E-state index in [-0.39, 0.29) is 22.7 Å². The van der Waals surface area contributed by atoms with E-state index in [0.717, 1.165) is 18.4 Å². The molecule has 2 N–H and O–H groups in total. The molecule has 0 fully saturated rings. The highest BCUT2D eigenvalue weighted by Gasteiger charge is 2.37. The molecule has 1 amide bonds. The smallest absolute Gasteiger partial charge is 0.270 e. The molecule has 1 heterocycles. The third-order valence-corrected chi connectivity index (χ3v) is 7.15. The minimum atomic E-state index is -0.265. The van der Waals surface area contributed by atoms with Gasteiger partial charge in [0.2, 0.25) is 0 Å². The van der Waals surface area contributed by atoms with Crippen LogP contribution in [0.5, 0.6) is 0 Å². The number of anilines is 1. The number of aromatic nitrogens is 4. The van der Waals surface area contributed by atoms with E-state index >= 15 is 0 Å². The third-order valence-electron chi connectivity index (χ3n) is 7.15. The summed E-state index contributed by atoms with van der Waals surface area (Å²) in [6.45, 7) is 14.0. The van der Waals surface area contributed by atoms with E-state index < -0.39 is 0 Å². The molecule has 34 heavy (non-hydrogen) atoms. The lowest BCUT2D eigenvalue weighted by molar-refractivity contribution is 0.102. The number of fused-ring (bicyclic) bond motifs is 1. The summed E-state index contributed by atoms with van der Waals surface area (Å²) < 4.78 is 0. The van der Waals surface area contributed by atoms with Crippen LogP contribution >= 0.6 is 0 Å². The molecule has 1 aliphatic carbocycles. The summed E-state index contributed by atoms with van der Waals surface area (Å²) >= 11 is 0. The van der Waals surface area contributed by atoms with Gasteiger partial charge in [-0.25, -0.2) is 0 Å². The van der Waals surface area contributed by atoms with Crippen molar-refractivity contribution in [2.24, 2.45) is 0 Å². The summed E-state index contributed by atoms with van der Waals surface area (Å²) in [6.07, 6.45) is 6.82. The van der Waals surface area contributed by atoms with Gasteiger partial charge in [0.15, 0.2) is 0 Å². The molecule has 3 aromatic rings. The van der Waals surface area contributed by atoms with Crippen LogP contribution in [0.1, 0.15) is 99.0 Å². The predicted molar refractivity (Wildman–Crippen MR) is 138 cm³/mol. The molecule has 1 aliphatic rings. The summed E-state index contributed by atoms with van der Waals surface area (Å²) in [4.78, 5) is 12.4. The van der Waals surface area contributed by atoms with E-state index in [0.29, 0.717) is 5.56 Å². The first-order valence-corrected chi connectivity index (χ1v) is 12.1. The number of nitrogens with one attached hydrogen (secondary N) is 2. The van der Waals surface area contributed by atoms with Crippen molar-refractivity contribution in [3.05, 3.63) is 69.8 Å². The van der Waals surface area contributed by atoms with E-state index in [4.69, 9.17) is 0 Å². The standard InChI is InChI=1S/C28H35N5O/c1-7-8-21-16-23-24(28(5,6)14-13-27(23,3)4)17-22(21)18(2)15-19-9-11-20(12-10-19)25(34)29-26-30-32-33-31-26/h9-12,15-17H,7-8,13-14H2,1-6H3,(H2,29,30,31,32,33,34)/b18-15+. The number of amides is 1. The highest BCUT2D eigenvalue weighted by molar-refractivity contribution is 6.03. The Morgan fingerprint density at radius 1 is 1.06 bits per heavy atom. The molecule has 0 unspecified atom stereocenters. The second kappa shape index (κ2) is 9.16. The maximum absolute atomic E-state index is 12.4. The SMILES string of the molecule is CCCc1cc2c(cc1/C(C)=C/c1ccc(C(=O)Nc3nn[nH]n3)cc1)C(C)(C)CCC2(C)C. The first kappa shape index (κ1) is 23.9. The van der Waals surface area contributed by atoms with Crippen LogP contribution in [0.3, 0.4) is 0 Å². The summed E-state index contributed by atoms with van der Waals surface area (Å²) in [7, 11) is 0. The molecule has 1 aromatic heterocycles. The van der Waals surface area contributed by atoms with Gasteiger partial charge in [-0.05, 0) is 87.8 Å². The fourth-order valence-corrected chi connectivity index (χ4v) is 4.95. The van der Waals surface area contributed by atoms with Crippen LogP contribution in [0, 0.1) is 0 Å². The lowest BCUT2D eigenvalue weighted by Gasteiger charge is -2.42. The summed E-state index contributed by atoms with van der Waals surface area (Å²) in [5.74, 6) is -0.106. The van der Waals surface area contributed by atoms with Gasteiger partial charge in [-0.1, -0.05) is 76.5 Å². The lowest BCUT2D eigenvalue weighted by atomic mass is 9.62. The predicted octanol–water partition coefficient (Wildman–Crippen LogP) is 6.31. The van der Waals surface area contributed by atoms with Crippen LogP contribution in [0.4, 0.5) is 5.95 Å². The summed E-state index contributed by atoms with van der Waals surface area (Å²) in [5.41, 5.74) is 9.01. The second-order valence-electron chi connectivity index (χ2n) is 10.7. The molecule has 4 rings (SSSR count). The molecule has 0 saturated carbocycles. The molecule has 0 spiro atoms. The van der Waals surface area contributed by atoms with E-state index in [1.807, 2.05) is 24.3 Å². The molecular formula is C28H35N5O. The van der Waals surface area contributed by atoms with Crippen molar-refractivity contribution in [3.63, 3.8) is 0 Å². The molecule has 0 atom stereocenters. The number of nitrogens with zero attached hydrogens (tertiary/aromatic N) is 3. The van der Waals surface area contributed by atoms with E-state index in [9.17, 15) is 4.79 Å². The van der Waals surface area contributed by atoms with Crippen molar-refractivity contribution in [3.8, 4) is 0 Å². The van der Waals surface area contributed by atoms with E-state index in [2.05, 4.69) is 85.7 Å². The van der Waals surface area contributed by atoms with Crippen LogP contribution in [0.15, 0.2) is 36.4 Å². The Labute approximate surface area is 202 Å². The fraction of sp³-hybridized carbons (Fsp3) is 0.429. The summed E-state index contributed by atoms with van der Waals surface area (Å²) in [6, 6.07) is 12.5. The number of tetrazole rings is 1. The Morgan fingerprint density at radius 2 is 1.71 bits per heavy atom. The number of aromatic amines is 1. The highest BCUT2D eigenvalue weighted by Crippen LogP contribution is 2.47. The number of hydrogen-bond acceptors (Lipinski definition) is 4. The first-order valence-electron chi connectivity index (χ1n) is 12.1. The zero-order valence-electron chi connectivity index (χ0n) is 21.1. The molecule has 0 saturated heterocycles. The first-order chi connectivity index (χ1) is 16.1. The second-order valence-corrected chi connectivity index (χ2v) is 10.7. The van der Waals surface area contributed by atoms with Gasteiger partial charge in [0.25, 0.3) is 11.9 Å². The topological polar surface area (TPSA) is 83.6 Å². The lowest BCUT2D eigenvalue weighted by Crippen LogP contribution is -2.34. The molecule has 2 aromatic carbocycles. The third kappa shape index (κ3) is 4.81. The maximum Gasteiger partial charge on any atom is 0.270 e. The van der Waals surface area contributed by atoms with E-state index in [1.54, 1.807) is 0 Å². The van der Waals surface area contributed by atoms with Crippen molar-refractivity contribution in [1.82, 2.24) is 20.6 Å². The van der Waals surface area contributed by atoms with Gasteiger partial charge in [-0.3, -0.25) is 10.1 Å². The van der Waals surface area contributed by atoms with Crippen molar-refractivity contribution >= 4 is 23.5 Å². The van der Waals surface area contributed by atoms with Crippen molar-refractivity contribution in [2.75, 3.05) is 5.32 Å². The number of H-pyrrole nitrogens is 1. The van der Waals surface area contributed by atoms with Crippen LogP contribution in [-0.2, 0) is 17.3 Å². The van der Waals surface area contributed by atoms with E-state index in [1.165, 1.54) is 40.7 Å². The zero-order valence-corrected chi connectivity index (χ0v) is 21.1. The Balaban J connectivity index is 1.66. The number of allylic oxidation sites excluding steroid dienone is 1. The van der Waals surface area contributed by atoms with Crippen LogP contribution in [0.25, 0.3) is 11.6 Å². The van der Waals surface area contributed by atoms with Crippen LogP contribution < -0.4 is 5.32 Å². The van der Waals surface area contributed by atoms with Gasteiger partial charge < -0.3 is 0 Å². The van der Waals surface area contributed by atoms with Gasteiger partial charge in [0.05, 0.1) is 0 Å². The van der Waals surface area contributed by atoms with Crippen molar-refractivity contribution in [2.45, 2.75) is 78.1 Å². The van der Waals surface area contributed by atoms with Crippen LogP contribution in [0.2, 0.25) is 0 Å². The maximum atomic E-state index is 12.4. The number of carbonyl (C=O) groups excluding carboxylic acids is 1. The average Bonchev–Trinajstić information content (AvgIpc) is 3.30. The minimum absolute atomic E-state index is 0.159. The van der Waals surface area contributed by atoms with Crippen molar-refractivity contribution < 1.29 is 4.79 Å². The number of aryl methyl sites for hydroxylation is 1. The molecule has 0 radical (unpaired) electrons. The van der Waals surface area contributed by atoms with Gasteiger partial charge in [-0.2, -0.15) is 5.21 Å². The molecular weight excluding hydrogens is 422 g/mol. The monoisotopic (exact) mass is 457 g/mol. The summed E-state index contributed by atoms with van der Waals surface area (Å²) in [5, 5.41) is 15.9. The Morgan fingerprint density at radius 3 is 2.29 bits per heavy atom. The Kier molecular flexibility index (Phi) is 6.43. The van der Waals surface area contributed by atoms with Gasteiger partial charge in [0.1, 0.15) is 0 Å². The molecule has 178 valence electrons. The number of carbonyl (C=O) groups is 1. The van der Waals surface area contributed by atoms with Crippen LogP contribution in [-0.4, -0.2) is 26.5 Å². The van der Waals surface area contributed by atoms with Gasteiger partial charge in [-0.15, -0.1) is 5.10 Å². The van der Waals surface area contributed by atoms with Gasteiger partial charge in [0, 0.05) is 5.56 Å². The number of hydrogen-bond donors (Lipinski definition) is 2. The average molecular weight is 458 g/mol. The Bertz CT molecular complexity index is 1200. The molecule has 0 bridgehead atoms. The molecule has 0 aliphatic heterocycles. The normalized spacial score (nSPS) is 16.7. The van der Waals surface area contributed by atoms with Gasteiger partial charge >= 0.3 is 0 Å². The fourth-order valence-electron chi connectivity index (χ4n) is 4.95. The molecule has 6 nitrogen and oxygen atoms in total. The number of rotatable bonds is 6. The zero-order chi connectivity index (χ0) is 24.5. The highest BCUT2D eigenvalue weighted by atomic mass is 16.1. The quantitative estimate of drug-likeness (QED) is 0.425. The number of benzene rings is 2. The minimum Gasteiger partial charge on any atom is -0.288 e. The van der Waals surface area contributed by atoms with Crippen molar-refractivity contribution in [1.29, 1.82) is 0 Å². The largest absolute Gasteiger partial charge is 0.288 e. The Hall–Kier alpha value is -3.28. The molecule has 6 heteroatoms.